The van der Waals surface area contributed by atoms with Crippen LogP contribution in [-0.4, -0.2) is 26.8 Å². The molecule has 2 aromatic carbocycles. The van der Waals surface area contributed by atoms with Crippen molar-refractivity contribution < 1.29 is 21.6 Å². The van der Waals surface area contributed by atoms with E-state index >= 15 is 0 Å². The lowest BCUT2D eigenvalue weighted by Gasteiger charge is -2.17. The predicted octanol–water partition coefficient (Wildman–Crippen LogP) is 4.28. The van der Waals surface area contributed by atoms with Crippen molar-refractivity contribution in [2.24, 2.45) is 0 Å². The highest BCUT2D eigenvalue weighted by Gasteiger charge is 2.34. The third-order valence-electron chi connectivity index (χ3n) is 3.24. The lowest BCUT2D eigenvalue weighted by Crippen LogP contribution is -2.22. The zero-order valence-corrected chi connectivity index (χ0v) is 13.8. The van der Waals surface area contributed by atoms with Crippen LogP contribution in [0.1, 0.15) is 5.56 Å². The molecule has 0 unspecified atom stereocenters. The molecule has 0 atom stereocenters. The standard InChI is InChI=1S/C15H13ClF3NO2S/c1-20(2)23(21,22)13-9-5-7-11(14(13)16)10-6-3-4-8-12(10)15(17,18)19/h3-9H,1-2H3. The Morgan fingerprint density at radius 1 is 0.957 bits per heavy atom. The zero-order valence-electron chi connectivity index (χ0n) is 12.2. The summed E-state index contributed by atoms with van der Waals surface area (Å²) < 4.78 is 64.9. The second-order valence-corrected chi connectivity index (χ2v) is 7.45. The number of nitrogens with zero attached hydrogens (tertiary/aromatic N) is 1. The third kappa shape index (κ3) is 3.36. The van der Waals surface area contributed by atoms with E-state index in [2.05, 4.69) is 0 Å². The molecule has 0 saturated heterocycles. The first kappa shape index (κ1) is 17.8. The van der Waals surface area contributed by atoms with Gasteiger partial charge in [-0.25, -0.2) is 12.7 Å². The number of alkyl halides is 3. The first-order valence-electron chi connectivity index (χ1n) is 6.44. The van der Waals surface area contributed by atoms with Crippen LogP contribution in [0.2, 0.25) is 5.02 Å². The Labute approximate surface area is 137 Å². The molecular formula is C15H13ClF3NO2S. The van der Waals surface area contributed by atoms with Gasteiger partial charge in [-0.15, -0.1) is 0 Å². The summed E-state index contributed by atoms with van der Waals surface area (Å²) in [5.74, 6) is 0. The third-order valence-corrected chi connectivity index (χ3v) is 5.62. The number of rotatable bonds is 3. The molecule has 2 rings (SSSR count). The molecule has 0 spiro atoms. The van der Waals surface area contributed by atoms with Gasteiger partial charge in [-0.3, -0.25) is 0 Å². The van der Waals surface area contributed by atoms with Crippen LogP contribution in [0.15, 0.2) is 47.4 Å². The van der Waals surface area contributed by atoms with E-state index in [0.29, 0.717) is 0 Å². The molecule has 0 bridgehead atoms. The Bertz CT molecular complexity index is 833. The summed E-state index contributed by atoms with van der Waals surface area (Å²) in [4.78, 5) is -0.237. The molecule has 2 aromatic rings. The molecule has 0 fully saturated rings. The second-order valence-electron chi connectivity index (χ2n) is 4.95. The fourth-order valence-corrected chi connectivity index (χ4v) is 3.58. The van der Waals surface area contributed by atoms with E-state index in [4.69, 9.17) is 11.6 Å². The molecule has 0 aromatic heterocycles. The van der Waals surface area contributed by atoms with Gasteiger partial charge < -0.3 is 0 Å². The van der Waals surface area contributed by atoms with Crippen LogP contribution >= 0.6 is 11.6 Å². The molecular weight excluding hydrogens is 351 g/mol. The molecule has 0 aliphatic heterocycles. The maximum atomic E-state index is 13.2. The molecule has 0 N–H and O–H groups in total. The normalized spacial score (nSPS) is 12.7. The largest absolute Gasteiger partial charge is 0.417 e. The molecule has 23 heavy (non-hydrogen) atoms. The number of hydrogen-bond acceptors (Lipinski definition) is 2. The SMILES string of the molecule is CN(C)S(=O)(=O)c1cccc(-c2ccccc2C(F)(F)F)c1Cl. The lowest BCUT2D eigenvalue weighted by molar-refractivity contribution is -0.137. The highest BCUT2D eigenvalue weighted by molar-refractivity contribution is 7.89. The molecule has 3 nitrogen and oxygen atoms in total. The molecule has 124 valence electrons. The van der Waals surface area contributed by atoms with E-state index in [9.17, 15) is 21.6 Å². The van der Waals surface area contributed by atoms with E-state index in [1.165, 1.54) is 50.5 Å². The molecule has 0 aliphatic carbocycles. The van der Waals surface area contributed by atoms with Gasteiger partial charge in [0.05, 0.1) is 10.6 Å². The van der Waals surface area contributed by atoms with Crippen LogP contribution in [-0.2, 0) is 16.2 Å². The fraction of sp³-hybridized carbons (Fsp3) is 0.200. The van der Waals surface area contributed by atoms with Crippen molar-refractivity contribution in [1.29, 1.82) is 0 Å². The molecule has 0 aliphatic rings. The molecule has 8 heteroatoms. The highest BCUT2D eigenvalue weighted by atomic mass is 35.5. The Kier molecular flexibility index (Phi) is 4.75. The molecule has 0 saturated carbocycles. The van der Waals surface area contributed by atoms with Crippen molar-refractivity contribution in [3.8, 4) is 11.1 Å². The zero-order chi connectivity index (χ0) is 17.4. The van der Waals surface area contributed by atoms with Crippen LogP contribution in [0.4, 0.5) is 13.2 Å². The van der Waals surface area contributed by atoms with Crippen molar-refractivity contribution >= 4 is 21.6 Å². The van der Waals surface area contributed by atoms with Crippen LogP contribution in [0.25, 0.3) is 11.1 Å². The maximum absolute atomic E-state index is 13.2. The van der Waals surface area contributed by atoms with E-state index in [1.807, 2.05) is 0 Å². The smallest absolute Gasteiger partial charge is 0.207 e. The molecule has 0 radical (unpaired) electrons. The Morgan fingerprint density at radius 2 is 1.52 bits per heavy atom. The summed E-state index contributed by atoms with van der Waals surface area (Å²) in [5.41, 5.74) is -1.02. The fourth-order valence-electron chi connectivity index (χ4n) is 2.08. The summed E-state index contributed by atoms with van der Waals surface area (Å²) >= 11 is 6.12. The minimum atomic E-state index is -4.57. The van der Waals surface area contributed by atoms with Crippen LogP contribution < -0.4 is 0 Å². The van der Waals surface area contributed by atoms with Crippen LogP contribution in [0.3, 0.4) is 0 Å². The quantitative estimate of drug-likeness (QED) is 0.816. The second kappa shape index (κ2) is 6.14. The Hall–Kier alpha value is -1.57. The average Bonchev–Trinajstić information content (AvgIpc) is 2.46. The van der Waals surface area contributed by atoms with Crippen molar-refractivity contribution in [2.75, 3.05) is 14.1 Å². The Balaban J connectivity index is 2.74. The summed E-state index contributed by atoms with van der Waals surface area (Å²) in [6, 6.07) is 8.88. The minimum absolute atomic E-state index is 0.0162. The van der Waals surface area contributed by atoms with E-state index < -0.39 is 21.8 Å². The van der Waals surface area contributed by atoms with Gasteiger partial charge in [-0.1, -0.05) is 41.9 Å². The Morgan fingerprint density at radius 3 is 2.09 bits per heavy atom. The summed E-state index contributed by atoms with van der Waals surface area (Å²) in [6.45, 7) is 0. The lowest BCUT2D eigenvalue weighted by atomic mass is 9.99. The van der Waals surface area contributed by atoms with Gasteiger partial charge in [-0.2, -0.15) is 13.2 Å². The van der Waals surface area contributed by atoms with Crippen molar-refractivity contribution in [3.05, 3.63) is 53.1 Å². The summed E-state index contributed by atoms with van der Waals surface area (Å²) in [5, 5.41) is -0.238. The summed E-state index contributed by atoms with van der Waals surface area (Å²) in [6.07, 6.45) is -4.57. The van der Waals surface area contributed by atoms with Gasteiger partial charge in [0, 0.05) is 19.7 Å². The van der Waals surface area contributed by atoms with Gasteiger partial charge in [0.25, 0.3) is 0 Å². The maximum Gasteiger partial charge on any atom is 0.417 e. The van der Waals surface area contributed by atoms with E-state index in [-0.39, 0.29) is 21.0 Å². The van der Waals surface area contributed by atoms with E-state index in [0.717, 1.165) is 10.4 Å². The van der Waals surface area contributed by atoms with Gasteiger partial charge >= 0.3 is 6.18 Å². The number of halogens is 4. The monoisotopic (exact) mass is 363 g/mol. The predicted molar refractivity (Wildman–Crippen MR) is 82.8 cm³/mol. The number of sulfonamides is 1. The first-order chi connectivity index (χ1) is 10.6. The topological polar surface area (TPSA) is 37.4 Å². The summed E-state index contributed by atoms with van der Waals surface area (Å²) in [7, 11) is -1.22. The van der Waals surface area contributed by atoms with E-state index in [1.54, 1.807) is 0 Å². The number of hydrogen-bond donors (Lipinski definition) is 0. The first-order valence-corrected chi connectivity index (χ1v) is 8.26. The van der Waals surface area contributed by atoms with Gasteiger partial charge in [0.15, 0.2) is 0 Å². The average molecular weight is 364 g/mol. The van der Waals surface area contributed by atoms with Crippen molar-refractivity contribution in [2.45, 2.75) is 11.1 Å². The van der Waals surface area contributed by atoms with Gasteiger partial charge in [0.2, 0.25) is 10.0 Å². The minimum Gasteiger partial charge on any atom is -0.207 e. The van der Waals surface area contributed by atoms with Crippen LogP contribution in [0.5, 0.6) is 0 Å². The van der Waals surface area contributed by atoms with Gasteiger partial charge in [-0.05, 0) is 17.7 Å². The number of benzene rings is 2. The highest BCUT2D eigenvalue weighted by Crippen LogP contribution is 2.41. The van der Waals surface area contributed by atoms with Crippen LogP contribution in [0, 0.1) is 0 Å². The van der Waals surface area contributed by atoms with Gasteiger partial charge in [0.1, 0.15) is 4.90 Å². The molecule has 0 heterocycles. The molecule has 0 amide bonds. The van der Waals surface area contributed by atoms with Crippen molar-refractivity contribution in [3.63, 3.8) is 0 Å². The van der Waals surface area contributed by atoms with Crippen molar-refractivity contribution in [1.82, 2.24) is 4.31 Å².